The van der Waals surface area contributed by atoms with Crippen molar-refractivity contribution in [1.29, 1.82) is 5.26 Å². The van der Waals surface area contributed by atoms with E-state index in [0.29, 0.717) is 0 Å². The van der Waals surface area contributed by atoms with Gasteiger partial charge in [-0.2, -0.15) is 5.26 Å². The number of hydrogen-bond acceptors (Lipinski definition) is 3. The summed E-state index contributed by atoms with van der Waals surface area (Å²) in [5, 5.41) is 15.7. The third-order valence-electron chi connectivity index (χ3n) is 3.04. The van der Waals surface area contributed by atoms with Crippen molar-refractivity contribution in [3.05, 3.63) is 41.0 Å². The van der Waals surface area contributed by atoms with Crippen molar-refractivity contribution in [2.24, 2.45) is 0 Å². The van der Waals surface area contributed by atoms with Crippen LogP contribution in [-0.2, 0) is 0 Å². The molecule has 0 radical (unpaired) electrons. The molecule has 0 fully saturated rings. The van der Waals surface area contributed by atoms with Crippen molar-refractivity contribution in [2.75, 3.05) is 25.0 Å². The molecule has 1 aromatic rings. The van der Waals surface area contributed by atoms with E-state index in [2.05, 4.69) is 22.8 Å². The van der Waals surface area contributed by atoms with Crippen molar-refractivity contribution >= 4 is 5.69 Å². The molecule has 0 aromatic heterocycles. The molecule has 0 amide bonds. The smallest absolute Gasteiger partial charge is 0.101 e. The topological polar surface area (TPSA) is 47.9 Å². The van der Waals surface area contributed by atoms with Gasteiger partial charge in [0.1, 0.15) is 6.07 Å². The highest BCUT2D eigenvalue weighted by Crippen LogP contribution is 2.20. The van der Waals surface area contributed by atoms with E-state index < -0.39 is 0 Å². The second-order valence-electron chi connectivity index (χ2n) is 4.28. The predicted octanol–water partition coefficient (Wildman–Crippen LogP) is 2.20. The molecule has 0 atom stereocenters. The highest BCUT2D eigenvalue weighted by molar-refractivity contribution is 5.62. The van der Waals surface area contributed by atoms with Crippen LogP contribution in [0.2, 0.25) is 0 Å². The number of aryl methyl sites for hydroxylation is 1. The molecule has 2 N–H and O–H groups in total. The van der Waals surface area contributed by atoms with Crippen molar-refractivity contribution in [3.63, 3.8) is 0 Å². The Kier molecular flexibility index (Phi) is 3.79. The number of hydrogen-bond donors (Lipinski definition) is 2. The van der Waals surface area contributed by atoms with Crippen molar-refractivity contribution in [2.45, 2.75) is 13.3 Å². The molecule has 0 bridgehead atoms. The molecular weight excluding hydrogens is 210 g/mol. The Morgan fingerprint density at radius 3 is 3.06 bits per heavy atom. The fourth-order valence-electron chi connectivity index (χ4n) is 2.03. The minimum Gasteiger partial charge on any atom is -0.380 e. The molecule has 0 saturated heterocycles. The van der Waals surface area contributed by atoms with Crippen LogP contribution in [-0.4, -0.2) is 19.6 Å². The number of anilines is 1. The van der Waals surface area contributed by atoms with Crippen LogP contribution in [0.1, 0.15) is 17.5 Å². The van der Waals surface area contributed by atoms with E-state index >= 15 is 0 Å². The fourth-order valence-corrected chi connectivity index (χ4v) is 2.03. The van der Waals surface area contributed by atoms with Crippen molar-refractivity contribution in [1.82, 2.24) is 5.32 Å². The van der Waals surface area contributed by atoms with Gasteiger partial charge >= 0.3 is 0 Å². The summed E-state index contributed by atoms with van der Waals surface area (Å²) in [5.41, 5.74) is 4.23. The first-order valence-corrected chi connectivity index (χ1v) is 5.93. The maximum absolute atomic E-state index is 9.07. The zero-order chi connectivity index (χ0) is 12.1. The van der Waals surface area contributed by atoms with Crippen LogP contribution in [0.25, 0.3) is 0 Å². The maximum Gasteiger partial charge on any atom is 0.101 e. The summed E-state index contributed by atoms with van der Waals surface area (Å²) in [6.07, 6.45) is 3.31. The van der Waals surface area contributed by atoms with Crippen LogP contribution >= 0.6 is 0 Å². The van der Waals surface area contributed by atoms with Gasteiger partial charge in [-0.15, -0.1) is 0 Å². The van der Waals surface area contributed by atoms with Crippen LogP contribution in [0.5, 0.6) is 0 Å². The molecule has 1 aliphatic heterocycles. The van der Waals surface area contributed by atoms with Gasteiger partial charge in [0, 0.05) is 13.1 Å². The van der Waals surface area contributed by atoms with Crippen LogP contribution in [0.15, 0.2) is 29.8 Å². The van der Waals surface area contributed by atoms with Gasteiger partial charge in [-0.3, -0.25) is 0 Å². The van der Waals surface area contributed by atoms with Gasteiger partial charge in [-0.25, -0.2) is 0 Å². The largest absolute Gasteiger partial charge is 0.380 e. The van der Waals surface area contributed by atoms with Gasteiger partial charge in [0.25, 0.3) is 0 Å². The van der Waals surface area contributed by atoms with E-state index in [9.17, 15) is 0 Å². The van der Waals surface area contributed by atoms with E-state index in [4.69, 9.17) is 5.26 Å². The molecule has 3 heteroatoms. The second kappa shape index (κ2) is 5.51. The minimum absolute atomic E-state index is 0.722. The fraction of sp³-hybridized carbons (Fsp3) is 0.357. The van der Waals surface area contributed by atoms with E-state index in [1.165, 1.54) is 5.57 Å². The van der Waals surface area contributed by atoms with E-state index in [1.807, 2.05) is 25.1 Å². The van der Waals surface area contributed by atoms with Gasteiger partial charge in [-0.1, -0.05) is 23.8 Å². The highest BCUT2D eigenvalue weighted by atomic mass is 14.9. The molecule has 3 nitrogen and oxygen atoms in total. The normalized spacial score (nSPS) is 14.9. The van der Waals surface area contributed by atoms with Crippen molar-refractivity contribution < 1.29 is 0 Å². The zero-order valence-corrected chi connectivity index (χ0v) is 10.1. The van der Waals surface area contributed by atoms with Crippen LogP contribution in [0, 0.1) is 18.3 Å². The van der Waals surface area contributed by atoms with E-state index in [-0.39, 0.29) is 0 Å². The first-order chi connectivity index (χ1) is 8.31. The maximum atomic E-state index is 9.07. The van der Waals surface area contributed by atoms with E-state index in [0.717, 1.165) is 42.9 Å². The molecule has 0 saturated carbocycles. The lowest BCUT2D eigenvalue weighted by molar-refractivity contribution is 0.698. The summed E-state index contributed by atoms with van der Waals surface area (Å²) in [6, 6.07) is 8.03. The quantitative estimate of drug-likeness (QED) is 0.778. The number of rotatable bonds is 3. The monoisotopic (exact) mass is 227 g/mol. The average Bonchev–Trinajstić information content (AvgIpc) is 2.38. The Labute approximate surface area is 102 Å². The summed E-state index contributed by atoms with van der Waals surface area (Å²) < 4.78 is 0. The second-order valence-corrected chi connectivity index (χ2v) is 4.28. The summed E-state index contributed by atoms with van der Waals surface area (Å²) in [6.45, 7) is 4.86. The minimum atomic E-state index is 0.722. The van der Waals surface area contributed by atoms with Gasteiger partial charge in [0.05, 0.1) is 11.3 Å². The predicted molar refractivity (Wildman–Crippen MR) is 70.0 cm³/mol. The summed E-state index contributed by atoms with van der Waals surface area (Å²) in [7, 11) is 0. The van der Waals surface area contributed by atoms with Crippen LogP contribution < -0.4 is 10.6 Å². The molecule has 88 valence electrons. The Hall–Kier alpha value is -1.79. The van der Waals surface area contributed by atoms with Crippen LogP contribution in [0.4, 0.5) is 5.69 Å². The lowest BCUT2D eigenvalue weighted by Crippen LogP contribution is -2.23. The number of nitrogens with zero attached hydrogens (tertiary/aromatic N) is 1. The first kappa shape index (κ1) is 11.7. The molecule has 0 spiro atoms. The van der Waals surface area contributed by atoms with Crippen molar-refractivity contribution in [3.8, 4) is 6.07 Å². The first-order valence-electron chi connectivity index (χ1n) is 5.93. The molecule has 1 aromatic carbocycles. The average molecular weight is 227 g/mol. The lowest BCUT2D eigenvalue weighted by Gasteiger charge is -2.16. The third-order valence-corrected chi connectivity index (χ3v) is 3.04. The Bertz CT molecular complexity index is 469. The number of benzene rings is 1. The number of nitrogens with one attached hydrogen (secondary N) is 2. The summed E-state index contributed by atoms with van der Waals surface area (Å²) >= 11 is 0. The van der Waals surface area contributed by atoms with Gasteiger partial charge in [0.2, 0.25) is 0 Å². The standard InChI is InChI=1S/C14H17N3/c1-11-3-2-4-13(9-15)14(11)17-10-12-5-7-16-8-6-12/h2-5,16-17H,6-8,10H2,1H3. The third kappa shape index (κ3) is 2.86. The zero-order valence-electron chi connectivity index (χ0n) is 10.1. The molecular formula is C14H17N3. The van der Waals surface area contributed by atoms with Gasteiger partial charge in [-0.05, 0) is 31.5 Å². The number of para-hydroxylation sites is 1. The SMILES string of the molecule is Cc1cccc(C#N)c1NCC1=CCNCC1. The molecule has 1 heterocycles. The van der Waals surface area contributed by atoms with Gasteiger partial charge < -0.3 is 10.6 Å². The van der Waals surface area contributed by atoms with Gasteiger partial charge in [0.15, 0.2) is 0 Å². The molecule has 2 rings (SSSR count). The Balaban J connectivity index is 2.08. The Morgan fingerprint density at radius 2 is 2.35 bits per heavy atom. The van der Waals surface area contributed by atoms with Crippen LogP contribution in [0.3, 0.4) is 0 Å². The van der Waals surface area contributed by atoms with E-state index in [1.54, 1.807) is 0 Å². The summed E-state index contributed by atoms with van der Waals surface area (Å²) in [5.74, 6) is 0. The summed E-state index contributed by atoms with van der Waals surface area (Å²) in [4.78, 5) is 0. The number of nitriles is 1. The molecule has 1 aliphatic rings. The lowest BCUT2D eigenvalue weighted by atomic mass is 10.1. The molecule has 0 aliphatic carbocycles. The highest BCUT2D eigenvalue weighted by Gasteiger charge is 2.07. The Morgan fingerprint density at radius 1 is 1.47 bits per heavy atom. The molecule has 0 unspecified atom stereocenters. The molecule has 17 heavy (non-hydrogen) atoms.